The van der Waals surface area contributed by atoms with E-state index in [1.165, 1.54) is 31.7 Å². The number of morpholine rings is 1. The number of hydrogen-bond acceptors (Lipinski definition) is 6. The molecule has 37 heavy (non-hydrogen) atoms. The molecule has 1 N–H and O–H groups in total. The van der Waals surface area contributed by atoms with E-state index in [0.29, 0.717) is 0 Å². The maximum absolute atomic E-state index is 12.3. The number of piperidine rings is 1. The normalized spacial score (nSPS) is 19.3. The summed E-state index contributed by atoms with van der Waals surface area (Å²) in [7, 11) is -3.24. The first-order valence-electron chi connectivity index (χ1n) is 13.6. The lowest BCUT2D eigenvalue weighted by molar-refractivity contribution is 0.122. The molecule has 0 atom stereocenters. The maximum Gasteiger partial charge on any atom is 0.214 e. The lowest BCUT2D eigenvalue weighted by Gasteiger charge is -2.29. The third-order valence-electron chi connectivity index (χ3n) is 7.67. The van der Waals surface area contributed by atoms with Gasteiger partial charge in [-0.2, -0.15) is 0 Å². The first-order chi connectivity index (χ1) is 17.8. The largest absolute Gasteiger partial charge is 0.378 e. The standard InChI is InChI=1S/C28H39N4O3S2/c1-5-20-15-23(31-9-7-22(8-10-31)30-37(33,34)19(3)4)17-25-27(20)29-28-21(6-2)16-24(18-26(28)36-25)32-11-13-35-14-12-32/h15-19,22,30H,5-14H2,1-4H3/q+1. The number of aromatic nitrogens is 1. The van der Waals surface area contributed by atoms with Gasteiger partial charge in [-0.3, -0.25) is 0 Å². The number of ether oxygens (including phenoxy) is 1. The van der Waals surface area contributed by atoms with Crippen LogP contribution in [0.1, 0.15) is 51.7 Å². The Morgan fingerprint density at radius 1 is 1.08 bits per heavy atom. The Morgan fingerprint density at radius 3 is 2.43 bits per heavy atom. The van der Waals surface area contributed by atoms with Crippen LogP contribution in [0.5, 0.6) is 0 Å². The number of nitrogens with zero attached hydrogens (tertiary/aromatic N) is 3. The number of hydrogen-bond donors (Lipinski definition) is 1. The lowest BCUT2D eigenvalue weighted by Crippen LogP contribution is -2.47. The first kappa shape index (κ1) is 26.5. The summed E-state index contributed by atoms with van der Waals surface area (Å²) in [4.78, 5) is 8.87. The van der Waals surface area contributed by atoms with Gasteiger partial charge in [-0.05, 0) is 49.9 Å². The summed E-state index contributed by atoms with van der Waals surface area (Å²) < 4.78 is 36.7. The highest BCUT2D eigenvalue weighted by atomic mass is 32.2. The second-order valence-electron chi connectivity index (χ2n) is 10.4. The summed E-state index contributed by atoms with van der Waals surface area (Å²) in [6.07, 6.45) is 3.50. The molecule has 0 aromatic heterocycles. The van der Waals surface area contributed by atoms with Gasteiger partial charge in [-0.1, -0.05) is 13.8 Å². The fourth-order valence-electron chi connectivity index (χ4n) is 5.29. The lowest BCUT2D eigenvalue weighted by atomic mass is 10.0. The van der Waals surface area contributed by atoms with Gasteiger partial charge in [0.2, 0.25) is 15.4 Å². The van der Waals surface area contributed by atoms with E-state index < -0.39 is 15.3 Å². The number of benzene rings is 2. The van der Waals surface area contributed by atoms with Crippen molar-refractivity contribution >= 4 is 37.3 Å². The summed E-state index contributed by atoms with van der Waals surface area (Å²) in [5.41, 5.74) is 6.07. The summed E-state index contributed by atoms with van der Waals surface area (Å²) in [6, 6.07) is 9.21. The zero-order valence-electron chi connectivity index (χ0n) is 22.4. The Balaban J connectivity index is 1.53. The molecule has 9 heteroatoms. The van der Waals surface area contributed by atoms with Crippen molar-refractivity contribution in [3.05, 3.63) is 40.7 Å². The number of sulfonamides is 1. The highest BCUT2D eigenvalue weighted by Gasteiger charge is 2.28. The molecule has 1 aromatic carbocycles. The number of aryl methyl sites for hydroxylation is 2. The molecular formula is C28H39N4O3S2+. The van der Waals surface area contributed by atoms with Crippen LogP contribution in [0.3, 0.4) is 0 Å². The molecule has 0 amide bonds. The Bertz CT molecular complexity index is 1420. The fraction of sp³-hybridized carbons (Fsp3) is 0.571. The van der Waals surface area contributed by atoms with Crippen LogP contribution in [0.2, 0.25) is 0 Å². The highest BCUT2D eigenvalue weighted by molar-refractivity contribution is 7.90. The molecule has 3 aliphatic heterocycles. The second-order valence-corrected chi connectivity index (χ2v) is 13.7. The van der Waals surface area contributed by atoms with Crippen LogP contribution in [0.4, 0.5) is 5.69 Å². The number of anilines is 1. The van der Waals surface area contributed by atoms with E-state index in [0.717, 1.165) is 76.3 Å². The maximum atomic E-state index is 12.3. The van der Waals surface area contributed by atoms with Crippen LogP contribution in [0, 0.1) is 0 Å². The molecule has 4 aliphatic rings. The minimum atomic E-state index is -3.24. The number of rotatable bonds is 6. The van der Waals surface area contributed by atoms with E-state index in [1.807, 2.05) is 11.3 Å². The van der Waals surface area contributed by atoms with Crippen LogP contribution < -0.4 is 19.6 Å². The molecule has 7 nitrogen and oxygen atoms in total. The Kier molecular flexibility index (Phi) is 7.86. The van der Waals surface area contributed by atoms with Crippen molar-refractivity contribution < 1.29 is 13.2 Å². The third-order valence-corrected chi connectivity index (χ3v) is 10.6. The highest BCUT2D eigenvalue weighted by Crippen LogP contribution is 2.36. The average molecular weight is 544 g/mol. The summed E-state index contributed by atoms with van der Waals surface area (Å²) in [6.45, 7) is 12.9. The minimum absolute atomic E-state index is 0.00856. The van der Waals surface area contributed by atoms with Gasteiger partial charge in [0, 0.05) is 49.8 Å². The number of nitrogens with one attached hydrogen (secondary N) is 1. The van der Waals surface area contributed by atoms with Crippen LogP contribution in [0.15, 0.2) is 24.3 Å². The molecule has 0 radical (unpaired) electrons. The molecular weight excluding hydrogens is 504 g/mol. The molecule has 1 aliphatic carbocycles. The van der Waals surface area contributed by atoms with Crippen LogP contribution in [0.25, 0.3) is 20.8 Å². The molecule has 200 valence electrons. The Morgan fingerprint density at radius 2 is 1.78 bits per heavy atom. The summed E-state index contributed by atoms with van der Waals surface area (Å²) in [5.74, 6) is 0. The zero-order valence-corrected chi connectivity index (χ0v) is 24.1. The van der Waals surface area contributed by atoms with E-state index in [-0.39, 0.29) is 6.04 Å². The van der Waals surface area contributed by atoms with Gasteiger partial charge in [0.1, 0.15) is 13.1 Å². The molecule has 0 bridgehead atoms. The Hall–Kier alpha value is -2.07. The van der Waals surface area contributed by atoms with E-state index in [2.05, 4.69) is 52.3 Å². The molecule has 3 heterocycles. The van der Waals surface area contributed by atoms with E-state index in [9.17, 15) is 8.42 Å². The average Bonchev–Trinajstić information content (AvgIpc) is 2.91. The molecule has 0 spiro atoms. The van der Waals surface area contributed by atoms with Crippen molar-refractivity contribution in [3.63, 3.8) is 0 Å². The van der Waals surface area contributed by atoms with Crippen LogP contribution in [-0.4, -0.2) is 64.1 Å². The quantitative estimate of drug-likeness (QED) is 0.380. The summed E-state index contributed by atoms with van der Waals surface area (Å²) in [5, 5.41) is 0.811. The van der Waals surface area contributed by atoms with E-state index in [1.54, 1.807) is 13.8 Å². The first-order valence-corrected chi connectivity index (χ1v) is 16.0. The van der Waals surface area contributed by atoms with Crippen molar-refractivity contribution in [2.75, 3.05) is 44.3 Å². The van der Waals surface area contributed by atoms with Crippen molar-refractivity contribution in [2.45, 2.75) is 64.7 Å². The molecule has 5 rings (SSSR count). The summed E-state index contributed by atoms with van der Waals surface area (Å²) >= 11 is 1.84. The zero-order chi connectivity index (χ0) is 26.2. The topological polar surface area (TPSA) is 74.5 Å². The number of fused-ring (bicyclic) bond motifs is 2. The van der Waals surface area contributed by atoms with Crippen LogP contribution >= 0.6 is 11.3 Å². The van der Waals surface area contributed by atoms with Gasteiger partial charge < -0.3 is 9.64 Å². The van der Waals surface area contributed by atoms with Gasteiger partial charge in [-0.25, -0.2) is 22.7 Å². The predicted octanol–water partition coefficient (Wildman–Crippen LogP) is 3.62. The SMILES string of the molecule is CCc1cc(=[N+]2CCC(NS(=O)(=O)C(C)C)CC2)cc2sc3cc(N4CCOCC4)cc(CC)c3nc1-2. The van der Waals surface area contributed by atoms with E-state index >= 15 is 0 Å². The van der Waals surface area contributed by atoms with Crippen molar-refractivity contribution in [1.82, 2.24) is 14.3 Å². The molecule has 2 fully saturated rings. The minimum Gasteiger partial charge on any atom is -0.378 e. The van der Waals surface area contributed by atoms with E-state index in [4.69, 9.17) is 9.72 Å². The Labute approximate surface area is 224 Å². The monoisotopic (exact) mass is 543 g/mol. The van der Waals surface area contributed by atoms with Crippen LogP contribution in [-0.2, 0) is 27.6 Å². The fourth-order valence-corrected chi connectivity index (χ4v) is 7.40. The molecule has 1 aromatic rings. The van der Waals surface area contributed by atoms with Gasteiger partial charge in [0.15, 0.2) is 0 Å². The van der Waals surface area contributed by atoms with Crippen molar-refractivity contribution in [1.29, 1.82) is 0 Å². The van der Waals surface area contributed by atoms with Gasteiger partial charge in [0.25, 0.3) is 0 Å². The third kappa shape index (κ3) is 5.55. The smallest absolute Gasteiger partial charge is 0.214 e. The molecule has 0 unspecified atom stereocenters. The van der Waals surface area contributed by atoms with Gasteiger partial charge in [-0.15, -0.1) is 11.3 Å². The van der Waals surface area contributed by atoms with Gasteiger partial charge in [0.05, 0.1) is 39.3 Å². The van der Waals surface area contributed by atoms with Gasteiger partial charge >= 0.3 is 0 Å². The van der Waals surface area contributed by atoms with Crippen molar-refractivity contribution in [3.8, 4) is 10.6 Å². The molecule has 2 saturated heterocycles. The molecule has 0 saturated carbocycles. The second kappa shape index (κ2) is 11.0. The van der Waals surface area contributed by atoms with Crippen molar-refractivity contribution in [2.24, 2.45) is 0 Å². The predicted molar refractivity (Wildman–Crippen MR) is 153 cm³/mol.